The van der Waals surface area contributed by atoms with Crippen LogP contribution in [-0.2, 0) is 14.3 Å². The van der Waals surface area contributed by atoms with E-state index in [0.29, 0.717) is 28.9 Å². The molecule has 0 bridgehead atoms. The summed E-state index contributed by atoms with van der Waals surface area (Å²) in [5.41, 5.74) is 1.31. The van der Waals surface area contributed by atoms with Crippen LogP contribution in [0.15, 0.2) is 30.3 Å². The fraction of sp³-hybridized carbons (Fsp3) is 0.353. The lowest BCUT2D eigenvalue weighted by molar-refractivity contribution is -0.117. The lowest BCUT2D eigenvalue weighted by Crippen LogP contribution is -2.13. The number of benzene rings is 1. The van der Waals surface area contributed by atoms with Crippen LogP contribution in [0.4, 0.5) is 5.13 Å². The van der Waals surface area contributed by atoms with E-state index in [-0.39, 0.29) is 18.9 Å². The highest BCUT2D eigenvalue weighted by molar-refractivity contribution is 7.18. The molecule has 1 amide bonds. The second-order valence-electron chi connectivity index (χ2n) is 4.78. The van der Waals surface area contributed by atoms with Crippen LogP contribution in [0.25, 0.3) is 11.3 Å². The Morgan fingerprint density at radius 1 is 1.17 bits per heavy atom. The van der Waals surface area contributed by atoms with E-state index in [4.69, 9.17) is 9.47 Å². The zero-order chi connectivity index (χ0) is 17.4. The highest BCUT2D eigenvalue weighted by atomic mass is 32.1. The van der Waals surface area contributed by atoms with Gasteiger partial charge in [0.15, 0.2) is 5.13 Å². The number of anilines is 1. The molecule has 2 aromatic rings. The molecule has 0 aliphatic rings. The van der Waals surface area contributed by atoms with Crippen molar-refractivity contribution >= 4 is 28.3 Å². The van der Waals surface area contributed by atoms with Gasteiger partial charge in [0.05, 0.1) is 25.3 Å². The number of nitrogens with one attached hydrogen (secondary N) is 1. The molecule has 1 aromatic heterocycles. The first-order valence-corrected chi connectivity index (χ1v) is 8.58. The van der Waals surface area contributed by atoms with E-state index in [9.17, 15) is 9.59 Å². The smallest absolute Gasteiger partial charge is 0.350 e. The molecule has 24 heavy (non-hydrogen) atoms. The fourth-order valence-electron chi connectivity index (χ4n) is 1.99. The molecule has 1 heterocycles. The third-order valence-electron chi connectivity index (χ3n) is 3.06. The Balaban J connectivity index is 2.21. The standard InChI is InChI=1S/C17H20N2O4S/c1-3-22-11-10-13(20)18-17-19-14(12-8-6-5-7-9-12)15(24-17)16(21)23-4-2/h5-9H,3-4,10-11H2,1-2H3,(H,18,19,20). The van der Waals surface area contributed by atoms with E-state index >= 15 is 0 Å². The summed E-state index contributed by atoms with van der Waals surface area (Å²) in [5.74, 6) is -0.643. The normalized spacial score (nSPS) is 10.4. The molecule has 0 saturated heterocycles. The minimum atomic E-state index is -0.441. The Morgan fingerprint density at radius 3 is 2.58 bits per heavy atom. The molecule has 128 valence electrons. The van der Waals surface area contributed by atoms with Gasteiger partial charge in [-0.3, -0.25) is 4.79 Å². The first kappa shape index (κ1) is 18.1. The molecule has 0 radical (unpaired) electrons. The molecule has 0 unspecified atom stereocenters. The van der Waals surface area contributed by atoms with Crippen molar-refractivity contribution in [3.63, 3.8) is 0 Å². The molecule has 1 N–H and O–H groups in total. The van der Waals surface area contributed by atoms with Crippen LogP contribution < -0.4 is 5.32 Å². The Labute approximate surface area is 144 Å². The number of ether oxygens (including phenoxy) is 2. The molecule has 0 saturated carbocycles. The number of hydrogen-bond acceptors (Lipinski definition) is 6. The molecule has 0 aliphatic heterocycles. The van der Waals surface area contributed by atoms with Crippen LogP contribution in [0.1, 0.15) is 29.9 Å². The number of nitrogens with zero attached hydrogens (tertiary/aromatic N) is 1. The van der Waals surface area contributed by atoms with Gasteiger partial charge in [0, 0.05) is 12.2 Å². The monoisotopic (exact) mass is 348 g/mol. The molecule has 0 spiro atoms. The third-order valence-corrected chi connectivity index (χ3v) is 4.01. The summed E-state index contributed by atoms with van der Waals surface area (Å²) in [6, 6.07) is 9.33. The number of hydrogen-bond donors (Lipinski definition) is 1. The predicted molar refractivity (Wildman–Crippen MR) is 93.2 cm³/mol. The van der Waals surface area contributed by atoms with Gasteiger partial charge in [0.2, 0.25) is 5.91 Å². The van der Waals surface area contributed by atoms with Gasteiger partial charge >= 0.3 is 5.97 Å². The minimum Gasteiger partial charge on any atom is -0.462 e. The lowest BCUT2D eigenvalue weighted by Gasteiger charge is -2.01. The second kappa shape index (κ2) is 9.14. The highest BCUT2D eigenvalue weighted by Gasteiger charge is 2.21. The van der Waals surface area contributed by atoms with E-state index in [2.05, 4.69) is 10.3 Å². The number of aromatic nitrogens is 1. The predicted octanol–water partition coefficient (Wildman–Crippen LogP) is 3.35. The van der Waals surface area contributed by atoms with Crippen LogP contribution in [-0.4, -0.2) is 36.7 Å². The van der Waals surface area contributed by atoms with Crippen molar-refractivity contribution in [2.75, 3.05) is 25.1 Å². The Morgan fingerprint density at radius 2 is 1.92 bits per heavy atom. The molecule has 0 fully saturated rings. The van der Waals surface area contributed by atoms with Gasteiger partial charge in [-0.15, -0.1) is 0 Å². The average Bonchev–Trinajstić information content (AvgIpc) is 3.00. The SMILES string of the molecule is CCOCCC(=O)Nc1nc(-c2ccccc2)c(C(=O)OCC)s1. The molecule has 0 atom stereocenters. The van der Waals surface area contributed by atoms with Crippen LogP contribution >= 0.6 is 11.3 Å². The van der Waals surface area contributed by atoms with Crippen molar-refractivity contribution in [3.05, 3.63) is 35.2 Å². The molecule has 0 aliphatic carbocycles. The van der Waals surface area contributed by atoms with Gasteiger partial charge in [-0.2, -0.15) is 0 Å². The number of rotatable bonds is 8. The van der Waals surface area contributed by atoms with Gasteiger partial charge in [0.1, 0.15) is 4.88 Å². The zero-order valence-electron chi connectivity index (χ0n) is 13.7. The number of esters is 1. The summed E-state index contributed by atoms with van der Waals surface area (Å²) >= 11 is 1.11. The van der Waals surface area contributed by atoms with Crippen LogP contribution in [0.2, 0.25) is 0 Å². The Kier molecular flexibility index (Phi) is 6.89. The summed E-state index contributed by atoms with van der Waals surface area (Å²) in [6.45, 7) is 4.81. The number of carbonyl (C=O) groups is 2. The van der Waals surface area contributed by atoms with Crippen molar-refractivity contribution in [1.29, 1.82) is 0 Å². The van der Waals surface area contributed by atoms with Gasteiger partial charge in [-0.1, -0.05) is 41.7 Å². The summed E-state index contributed by atoms with van der Waals surface area (Å²) in [6.07, 6.45) is 0.239. The van der Waals surface area contributed by atoms with Crippen molar-refractivity contribution in [1.82, 2.24) is 4.98 Å². The van der Waals surface area contributed by atoms with Crippen LogP contribution in [0, 0.1) is 0 Å². The largest absolute Gasteiger partial charge is 0.462 e. The topological polar surface area (TPSA) is 77.5 Å². The Hall–Kier alpha value is -2.25. The zero-order valence-corrected chi connectivity index (χ0v) is 14.5. The first-order chi connectivity index (χ1) is 11.7. The quantitative estimate of drug-likeness (QED) is 0.585. The second-order valence-corrected chi connectivity index (χ2v) is 5.78. The highest BCUT2D eigenvalue weighted by Crippen LogP contribution is 2.31. The van der Waals surface area contributed by atoms with E-state index < -0.39 is 5.97 Å². The van der Waals surface area contributed by atoms with Gasteiger partial charge in [-0.25, -0.2) is 9.78 Å². The summed E-state index contributed by atoms with van der Waals surface area (Å²) in [5, 5.41) is 3.08. The van der Waals surface area contributed by atoms with Crippen molar-refractivity contribution in [3.8, 4) is 11.3 Å². The first-order valence-electron chi connectivity index (χ1n) is 7.76. The average molecular weight is 348 g/mol. The molecule has 1 aromatic carbocycles. The minimum absolute atomic E-state index is 0.202. The summed E-state index contributed by atoms with van der Waals surface area (Å²) in [7, 11) is 0. The molecule has 6 nitrogen and oxygen atoms in total. The van der Waals surface area contributed by atoms with Crippen molar-refractivity contribution in [2.24, 2.45) is 0 Å². The van der Waals surface area contributed by atoms with Gasteiger partial charge < -0.3 is 14.8 Å². The van der Waals surface area contributed by atoms with E-state index in [0.717, 1.165) is 16.9 Å². The van der Waals surface area contributed by atoms with Crippen molar-refractivity contribution in [2.45, 2.75) is 20.3 Å². The van der Waals surface area contributed by atoms with E-state index in [1.807, 2.05) is 37.3 Å². The summed E-state index contributed by atoms with van der Waals surface area (Å²) in [4.78, 5) is 28.8. The van der Waals surface area contributed by atoms with Gasteiger partial charge in [-0.05, 0) is 13.8 Å². The lowest BCUT2D eigenvalue weighted by atomic mass is 10.1. The van der Waals surface area contributed by atoms with Gasteiger partial charge in [0.25, 0.3) is 0 Å². The van der Waals surface area contributed by atoms with E-state index in [1.165, 1.54) is 0 Å². The number of amides is 1. The van der Waals surface area contributed by atoms with Crippen molar-refractivity contribution < 1.29 is 19.1 Å². The Bertz CT molecular complexity index is 685. The van der Waals surface area contributed by atoms with E-state index in [1.54, 1.807) is 6.92 Å². The maximum atomic E-state index is 12.2. The fourth-order valence-corrected chi connectivity index (χ4v) is 2.89. The molecular weight excluding hydrogens is 328 g/mol. The summed E-state index contributed by atoms with van der Waals surface area (Å²) < 4.78 is 10.2. The molecule has 2 rings (SSSR count). The number of carbonyl (C=O) groups excluding carboxylic acids is 2. The number of thiazole rings is 1. The third kappa shape index (κ3) is 4.87. The van der Waals surface area contributed by atoms with Crippen LogP contribution in [0.5, 0.6) is 0 Å². The van der Waals surface area contributed by atoms with Crippen LogP contribution in [0.3, 0.4) is 0 Å². The molecular formula is C17H20N2O4S. The molecule has 7 heteroatoms. The maximum absolute atomic E-state index is 12.2. The maximum Gasteiger partial charge on any atom is 0.350 e.